The molecule has 1 N–H and O–H groups in total. The second-order valence-electron chi connectivity index (χ2n) is 7.62. The van der Waals surface area contributed by atoms with E-state index in [2.05, 4.69) is 26.1 Å². The first-order chi connectivity index (χ1) is 14.1. The zero-order valence-electron chi connectivity index (χ0n) is 18.3. The summed E-state index contributed by atoms with van der Waals surface area (Å²) >= 11 is 0. The van der Waals surface area contributed by atoms with Gasteiger partial charge in [-0.25, -0.2) is 0 Å². The summed E-state index contributed by atoms with van der Waals surface area (Å²) in [5, 5.41) is 3.45. The summed E-state index contributed by atoms with van der Waals surface area (Å²) < 4.78 is 0. The molecule has 0 fully saturated rings. The van der Waals surface area contributed by atoms with Crippen LogP contribution in [0.2, 0.25) is 0 Å². The van der Waals surface area contributed by atoms with Crippen molar-refractivity contribution in [2.24, 2.45) is 0 Å². The van der Waals surface area contributed by atoms with Crippen LogP contribution in [0.5, 0.6) is 0 Å². The Bertz CT molecular complexity index is 631. The minimum atomic E-state index is -0.466. The second kappa shape index (κ2) is 15.6. The van der Waals surface area contributed by atoms with Gasteiger partial charge in [-0.2, -0.15) is 0 Å². The summed E-state index contributed by atoms with van der Waals surface area (Å²) in [5.41, 5.74) is 0.854. The molecule has 0 bridgehead atoms. The smallest absolute Gasteiger partial charge is 0.233 e. The number of Topliss-reactive ketones (excluding diaryl/α,β-unsaturated/α-hetero) is 2. The first kappa shape index (κ1) is 24.8. The van der Waals surface area contributed by atoms with E-state index in [1.54, 1.807) is 48.5 Å². The van der Waals surface area contributed by atoms with E-state index in [-0.39, 0.29) is 0 Å². The molecule has 0 heterocycles. The molecule has 0 unspecified atom stereocenters. The topological polar surface area (TPSA) is 46.2 Å². The van der Waals surface area contributed by atoms with Crippen molar-refractivity contribution in [2.45, 2.75) is 71.8 Å². The van der Waals surface area contributed by atoms with E-state index in [9.17, 15) is 9.59 Å². The van der Waals surface area contributed by atoms with E-state index in [0.29, 0.717) is 17.2 Å². The monoisotopic (exact) mass is 395 g/mol. The van der Waals surface area contributed by atoms with Gasteiger partial charge in [-0.3, -0.25) is 9.59 Å². The Morgan fingerprint density at radius 1 is 0.690 bits per heavy atom. The van der Waals surface area contributed by atoms with E-state index < -0.39 is 11.6 Å². The predicted octanol–water partition coefficient (Wildman–Crippen LogP) is 6.49. The highest BCUT2D eigenvalue weighted by Gasteiger charge is 2.17. The van der Waals surface area contributed by atoms with Crippen LogP contribution >= 0.6 is 0 Å². The van der Waals surface area contributed by atoms with Crippen LogP contribution in [0.4, 0.5) is 0 Å². The van der Waals surface area contributed by atoms with Crippen molar-refractivity contribution in [3.8, 4) is 0 Å². The number of hydrogen-bond donors (Lipinski definition) is 1. The van der Waals surface area contributed by atoms with Crippen LogP contribution in [-0.4, -0.2) is 24.2 Å². The number of benzene rings is 2. The van der Waals surface area contributed by atoms with E-state index in [0.717, 1.165) is 0 Å². The van der Waals surface area contributed by atoms with E-state index in [4.69, 9.17) is 0 Å². The van der Waals surface area contributed by atoms with Gasteiger partial charge in [0.15, 0.2) is 0 Å². The summed E-state index contributed by atoms with van der Waals surface area (Å²) in [6, 6.07) is 17.8. The molecule has 158 valence electrons. The Hall–Kier alpha value is -2.26. The first-order valence-electron chi connectivity index (χ1n) is 11.0. The summed E-state index contributed by atoms with van der Waals surface area (Å²) in [7, 11) is 0. The van der Waals surface area contributed by atoms with Gasteiger partial charge >= 0.3 is 0 Å². The minimum Gasteiger partial charge on any atom is -0.315 e. The Morgan fingerprint density at radius 3 is 1.52 bits per heavy atom. The van der Waals surface area contributed by atoms with Crippen molar-refractivity contribution in [1.29, 1.82) is 0 Å². The standard InChI is InChI=1S/C14H10O2.C12H27N/c15-13(11-7-3-1-4-8-11)14(16)12-9-5-2-6-10-12;1-4-5-6-7-8-9-10-11-13-12(2)3/h1-10H;12-13H,4-11H2,1-3H3. The van der Waals surface area contributed by atoms with Crippen LogP contribution < -0.4 is 5.32 Å². The van der Waals surface area contributed by atoms with Crippen molar-refractivity contribution < 1.29 is 9.59 Å². The highest BCUT2D eigenvalue weighted by atomic mass is 16.2. The molecule has 0 aliphatic carbocycles. The average Bonchev–Trinajstić information content (AvgIpc) is 2.76. The molecule has 0 aromatic heterocycles. The minimum absolute atomic E-state index is 0.427. The lowest BCUT2D eigenvalue weighted by Gasteiger charge is -2.07. The van der Waals surface area contributed by atoms with Gasteiger partial charge < -0.3 is 5.32 Å². The van der Waals surface area contributed by atoms with Gasteiger partial charge in [-0.15, -0.1) is 0 Å². The third kappa shape index (κ3) is 11.4. The maximum atomic E-state index is 11.8. The lowest BCUT2D eigenvalue weighted by molar-refractivity contribution is 0.0817. The van der Waals surface area contributed by atoms with Crippen LogP contribution in [0.15, 0.2) is 60.7 Å². The average molecular weight is 396 g/mol. The van der Waals surface area contributed by atoms with Gasteiger partial charge in [-0.05, 0) is 13.0 Å². The Balaban J connectivity index is 0.000000298. The Labute approximate surface area is 176 Å². The largest absolute Gasteiger partial charge is 0.315 e. The number of nitrogens with one attached hydrogen (secondary N) is 1. The lowest BCUT2D eigenvalue weighted by atomic mass is 10.0. The maximum absolute atomic E-state index is 11.8. The van der Waals surface area contributed by atoms with Crippen molar-refractivity contribution in [2.75, 3.05) is 6.54 Å². The van der Waals surface area contributed by atoms with Gasteiger partial charge in [0.1, 0.15) is 0 Å². The molecule has 0 radical (unpaired) electrons. The van der Waals surface area contributed by atoms with Crippen LogP contribution in [0, 0.1) is 0 Å². The molecule has 0 amide bonds. The highest BCUT2D eigenvalue weighted by molar-refractivity contribution is 6.49. The van der Waals surface area contributed by atoms with Crippen molar-refractivity contribution in [3.05, 3.63) is 71.8 Å². The fourth-order valence-corrected chi connectivity index (χ4v) is 2.91. The second-order valence-corrected chi connectivity index (χ2v) is 7.62. The number of carbonyl (C=O) groups is 2. The van der Waals surface area contributed by atoms with Crippen LogP contribution in [0.1, 0.15) is 86.4 Å². The van der Waals surface area contributed by atoms with Gasteiger partial charge in [-0.1, -0.05) is 120 Å². The van der Waals surface area contributed by atoms with Gasteiger partial charge in [0.25, 0.3) is 0 Å². The molecular formula is C26H37NO2. The number of ketones is 2. The van der Waals surface area contributed by atoms with Crippen LogP contribution in [0.3, 0.4) is 0 Å². The number of unbranched alkanes of at least 4 members (excludes halogenated alkanes) is 6. The third-order valence-electron chi connectivity index (χ3n) is 4.61. The van der Waals surface area contributed by atoms with Gasteiger partial charge in [0.05, 0.1) is 0 Å². The van der Waals surface area contributed by atoms with E-state index in [1.165, 1.54) is 51.5 Å². The molecule has 0 aliphatic heterocycles. The molecule has 2 aromatic carbocycles. The molecule has 0 spiro atoms. The zero-order valence-corrected chi connectivity index (χ0v) is 18.3. The molecule has 0 saturated carbocycles. The molecule has 3 heteroatoms. The number of carbonyl (C=O) groups excluding carboxylic acids is 2. The zero-order chi connectivity index (χ0) is 21.3. The highest BCUT2D eigenvalue weighted by Crippen LogP contribution is 2.07. The van der Waals surface area contributed by atoms with Crippen LogP contribution in [0.25, 0.3) is 0 Å². The Kier molecular flexibility index (Phi) is 13.4. The normalized spacial score (nSPS) is 10.3. The maximum Gasteiger partial charge on any atom is 0.233 e. The van der Waals surface area contributed by atoms with Crippen LogP contribution in [-0.2, 0) is 0 Å². The van der Waals surface area contributed by atoms with E-state index in [1.807, 2.05) is 12.1 Å². The number of hydrogen-bond acceptors (Lipinski definition) is 3. The molecule has 0 atom stereocenters. The summed E-state index contributed by atoms with van der Waals surface area (Å²) in [6.45, 7) is 7.89. The summed E-state index contributed by atoms with van der Waals surface area (Å²) in [4.78, 5) is 23.6. The van der Waals surface area contributed by atoms with Gasteiger partial charge in [0.2, 0.25) is 11.6 Å². The third-order valence-corrected chi connectivity index (χ3v) is 4.61. The molecule has 0 aliphatic rings. The molecule has 3 nitrogen and oxygen atoms in total. The van der Waals surface area contributed by atoms with Crippen molar-refractivity contribution >= 4 is 11.6 Å². The Morgan fingerprint density at radius 2 is 1.10 bits per heavy atom. The van der Waals surface area contributed by atoms with Gasteiger partial charge in [0, 0.05) is 17.2 Å². The fraction of sp³-hybridized carbons (Fsp3) is 0.462. The first-order valence-corrected chi connectivity index (χ1v) is 11.0. The van der Waals surface area contributed by atoms with Crippen molar-refractivity contribution in [1.82, 2.24) is 5.32 Å². The lowest BCUT2D eigenvalue weighted by Crippen LogP contribution is -2.23. The molecule has 29 heavy (non-hydrogen) atoms. The summed E-state index contributed by atoms with van der Waals surface area (Å²) in [5.74, 6) is -0.932. The van der Waals surface area contributed by atoms with E-state index >= 15 is 0 Å². The quantitative estimate of drug-likeness (QED) is 0.254. The molecule has 0 saturated heterocycles. The fourth-order valence-electron chi connectivity index (χ4n) is 2.91. The predicted molar refractivity (Wildman–Crippen MR) is 123 cm³/mol. The molecule has 2 rings (SSSR count). The van der Waals surface area contributed by atoms with Crippen molar-refractivity contribution in [3.63, 3.8) is 0 Å². The molecular weight excluding hydrogens is 358 g/mol. The molecule has 2 aromatic rings. The SMILES string of the molecule is CCCCCCCCCNC(C)C.O=C(C(=O)c1ccccc1)c1ccccc1. The summed E-state index contributed by atoms with van der Waals surface area (Å²) in [6.07, 6.45) is 9.84. The number of rotatable bonds is 12.